The highest BCUT2D eigenvalue weighted by atomic mass is 16.6. The summed E-state index contributed by atoms with van der Waals surface area (Å²) >= 11 is 0. The lowest BCUT2D eigenvalue weighted by atomic mass is 10.2. The van der Waals surface area contributed by atoms with Gasteiger partial charge in [-0.25, -0.2) is 9.78 Å². The largest absolute Gasteiger partial charge is 0.465 e. The summed E-state index contributed by atoms with van der Waals surface area (Å²) in [7, 11) is 1.32. The minimum absolute atomic E-state index is 0.157. The van der Waals surface area contributed by atoms with Crippen molar-refractivity contribution >= 4 is 17.6 Å². The zero-order chi connectivity index (χ0) is 11.6. The van der Waals surface area contributed by atoms with Gasteiger partial charge in [-0.2, -0.15) is 0 Å². The number of carboxylic acid groups (broad SMARTS) is 1. The van der Waals surface area contributed by atoms with Crippen molar-refractivity contribution in [2.75, 3.05) is 11.9 Å². The van der Waals surface area contributed by atoms with E-state index in [1.54, 1.807) is 6.92 Å². The monoisotopic (exact) mass is 211 g/mol. The predicted molar refractivity (Wildman–Crippen MR) is 52.1 cm³/mol. The normalized spacial score (nSPS) is 9.73. The van der Waals surface area contributed by atoms with E-state index >= 15 is 0 Å². The second-order valence-corrected chi connectivity index (χ2v) is 2.93. The molecular weight excluding hydrogens is 202 g/mol. The number of aromatic nitrogens is 1. The smallest absolute Gasteiger partial charge is 0.412 e. The maximum absolute atomic E-state index is 10.6. The van der Waals surface area contributed by atoms with Crippen LogP contribution in [0.1, 0.15) is 5.56 Å². The first-order chi connectivity index (χ1) is 6.93. The van der Waals surface area contributed by atoms with Crippen molar-refractivity contribution in [2.24, 2.45) is 0 Å². The minimum atomic E-state index is -1.17. The molecule has 1 rings (SSSR count). The average molecular weight is 211 g/mol. The molecule has 0 saturated carbocycles. The van der Waals surface area contributed by atoms with Crippen molar-refractivity contribution in [3.63, 3.8) is 0 Å². The van der Waals surface area contributed by atoms with Crippen LogP contribution in [-0.4, -0.2) is 28.2 Å². The third kappa shape index (κ3) is 2.19. The molecule has 0 fully saturated rings. The van der Waals surface area contributed by atoms with Gasteiger partial charge in [-0.05, 0) is 12.5 Å². The summed E-state index contributed by atoms with van der Waals surface area (Å²) in [5, 5.41) is 19.1. The van der Waals surface area contributed by atoms with E-state index in [9.17, 15) is 14.9 Å². The van der Waals surface area contributed by atoms with Gasteiger partial charge in [0.2, 0.25) is 0 Å². The third-order valence-electron chi connectivity index (χ3n) is 1.85. The van der Waals surface area contributed by atoms with Gasteiger partial charge in [-0.1, -0.05) is 0 Å². The molecule has 0 aliphatic heterocycles. The van der Waals surface area contributed by atoms with Crippen LogP contribution in [-0.2, 0) is 0 Å². The van der Waals surface area contributed by atoms with Crippen molar-refractivity contribution < 1.29 is 14.8 Å². The van der Waals surface area contributed by atoms with Gasteiger partial charge < -0.3 is 5.11 Å². The quantitative estimate of drug-likeness (QED) is 0.589. The molecule has 0 unspecified atom stereocenters. The van der Waals surface area contributed by atoms with E-state index in [1.165, 1.54) is 13.1 Å². The average Bonchev–Trinajstić information content (AvgIpc) is 2.16. The van der Waals surface area contributed by atoms with Gasteiger partial charge in [0.05, 0.1) is 4.92 Å². The number of carbonyl (C=O) groups is 1. The molecule has 15 heavy (non-hydrogen) atoms. The molecule has 1 N–H and O–H groups in total. The van der Waals surface area contributed by atoms with E-state index < -0.39 is 11.0 Å². The summed E-state index contributed by atoms with van der Waals surface area (Å²) in [6, 6.07) is 1.28. The molecule has 0 radical (unpaired) electrons. The fourth-order valence-corrected chi connectivity index (χ4v) is 1.09. The molecule has 0 aliphatic carbocycles. The second kappa shape index (κ2) is 3.91. The maximum Gasteiger partial charge on any atom is 0.412 e. The molecule has 1 aromatic rings. The van der Waals surface area contributed by atoms with Crippen LogP contribution in [0, 0.1) is 17.0 Å². The summed E-state index contributed by atoms with van der Waals surface area (Å²) in [5.41, 5.74) is 0.282. The van der Waals surface area contributed by atoms with Crippen LogP contribution in [0.2, 0.25) is 0 Å². The predicted octanol–water partition coefficient (Wildman–Crippen LogP) is 1.41. The lowest BCUT2D eigenvalue weighted by Gasteiger charge is -2.13. The Morgan fingerprint density at radius 1 is 1.67 bits per heavy atom. The highest BCUT2D eigenvalue weighted by molar-refractivity contribution is 5.85. The van der Waals surface area contributed by atoms with Crippen LogP contribution in [0.3, 0.4) is 0 Å². The Hall–Kier alpha value is -2.18. The first kappa shape index (κ1) is 10.9. The first-order valence-electron chi connectivity index (χ1n) is 4.01. The van der Waals surface area contributed by atoms with Crippen molar-refractivity contribution in [2.45, 2.75) is 6.92 Å². The summed E-state index contributed by atoms with van der Waals surface area (Å²) in [5.74, 6) is 0.188. The van der Waals surface area contributed by atoms with Gasteiger partial charge in [0.1, 0.15) is 12.0 Å². The maximum atomic E-state index is 10.6. The molecule has 0 spiro atoms. The van der Waals surface area contributed by atoms with Crippen LogP contribution >= 0.6 is 0 Å². The Kier molecular flexibility index (Phi) is 2.84. The van der Waals surface area contributed by atoms with E-state index in [4.69, 9.17) is 5.11 Å². The standard InChI is InChI=1S/C8H9N3O4/c1-5-3-6(11(14)15)4-9-7(5)10(2)8(12)13/h3-4H,1-2H3,(H,12,13). The fraction of sp³-hybridized carbons (Fsp3) is 0.250. The molecule has 0 saturated heterocycles. The van der Waals surface area contributed by atoms with E-state index in [0.29, 0.717) is 5.56 Å². The van der Waals surface area contributed by atoms with Gasteiger partial charge in [-0.3, -0.25) is 15.0 Å². The van der Waals surface area contributed by atoms with Gasteiger partial charge in [-0.15, -0.1) is 0 Å². The Morgan fingerprint density at radius 2 is 2.27 bits per heavy atom. The van der Waals surface area contributed by atoms with Crippen LogP contribution in [0.5, 0.6) is 0 Å². The van der Waals surface area contributed by atoms with Crippen molar-refractivity contribution in [1.29, 1.82) is 0 Å². The zero-order valence-electron chi connectivity index (χ0n) is 8.17. The minimum Gasteiger partial charge on any atom is -0.465 e. The lowest BCUT2D eigenvalue weighted by Crippen LogP contribution is -2.25. The SMILES string of the molecule is Cc1cc([N+](=O)[O-])cnc1N(C)C(=O)O. The molecule has 1 aromatic heterocycles. The van der Waals surface area contributed by atoms with E-state index in [-0.39, 0.29) is 11.5 Å². The topological polar surface area (TPSA) is 96.6 Å². The molecule has 0 bridgehead atoms. The number of hydrogen-bond acceptors (Lipinski definition) is 4. The molecule has 0 aliphatic rings. The molecule has 1 heterocycles. The Labute approximate surface area is 85.1 Å². The highest BCUT2D eigenvalue weighted by Crippen LogP contribution is 2.20. The number of anilines is 1. The summed E-state index contributed by atoms with van der Waals surface area (Å²) in [6.07, 6.45) is -0.138. The van der Waals surface area contributed by atoms with Gasteiger partial charge in [0.15, 0.2) is 0 Å². The second-order valence-electron chi connectivity index (χ2n) is 2.93. The Morgan fingerprint density at radius 3 is 2.67 bits per heavy atom. The van der Waals surface area contributed by atoms with Crippen molar-refractivity contribution in [1.82, 2.24) is 4.98 Å². The lowest BCUT2D eigenvalue weighted by molar-refractivity contribution is -0.385. The van der Waals surface area contributed by atoms with Crippen LogP contribution in [0.4, 0.5) is 16.3 Å². The fourth-order valence-electron chi connectivity index (χ4n) is 1.09. The van der Waals surface area contributed by atoms with Crippen LogP contribution < -0.4 is 4.90 Å². The molecule has 7 heteroatoms. The molecule has 7 nitrogen and oxygen atoms in total. The molecule has 80 valence electrons. The summed E-state index contributed by atoms with van der Waals surface area (Å²) < 4.78 is 0. The molecule has 1 amide bonds. The van der Waals surface area contributed by atoms with Gasteiger partial charge in [0.25, 0.3) is 5.69 Å². The highest BCUT2D eigenvalue weighted by Gasteiger charge is 2.15. The number of rotatable bonds is 2. The van der Waals surface area contributed by atoms with Gasteiger partial charge >= 0.3 is 6.09 Å². The van der Waals surface area contributed by atoms with E-state index in [1.807, 2.05) is 0 Å². The Bertz CT molecular complexity index is 418. The number of aryl methyl sites for hydroxylation is 1. The third-order valence-corrected chi connectivity index (χ3v) is 1.85. The van der Waals surface area contributed by atoms with Crippen LogP contribution in [0.15, 0.2) is 12.3 Å². The number of nitrogens with zero attached hydrogens (tertiary/aromatic N) is 3. The number of amides is 1. The number of hydrogen-bond donors (Lipinski definition) is 1. The Balaban J connectivity index is 3.13. The summed E-state index contributed by atoms with van der Waals surface area (Å²) in [6.45, 7) is 1.56. The molecule has 0 aromatic carbocycles. The molecule has 0 atom stereocenters. The first-order valence-corrected chi connectivity index (χ1v) is 4.01. The zero-order valence-corrected chi connectivity index (χ0v) is 8.17. The molecular formula is C8H9N3O4. The summed E-state index contributed by atoms with van der Waals surface area (Å²) in [4.78, 5) is 25.1. The van der Waals surface area contributed by atoms with Crippen molar-refractivity contribution in [3.8, 4) is 0 Å². The number of nitro groups is 1. The number of pyridine rings is 1. The van der Waals surface area contributed by atoms with E-state index in [0.717, 1.165) is 11.1 Å². The van der Waals surface area contributed by atoms with Gasteiger partial charge in [0, 0.05) is 13.1 Å². The van der Waals surface area contributed by atoms with Crippen LogP contribution in [0.25, 0.3) is 0 Å². The van der Waals surface area contributed by atoms with E-state index in [2.05, 4.69) is 4.98 Å². The van der Waals surface area contributed by atoms with Crippen molar-refractivity contribution in [3.05, 3.63) is 27.9 Å².